The normalized spacial score (nSPS) is 11.9. The summed E-state index contributed by atoms with van der Waals surface area (Å²) in [4.78, 5) is 22.5. The Morgan fingerprint density at radius 3 is 2.65 bits per heavy atom. The maximum absolute atomic E-state index is 12.8. The Balaban J connectivity index is 2.86. The van der Waals surface area contributed by atoms with Crippen molar-refractivity contribution < 1.29 is 19.1 Å². The van der Waals surface area contributed by atoms with Crippen LogP contribution in [0.3, 0.4) is 0 Å². The Labute approximate surface area is 111 Å². The van der Waals surface area contributed by atoms with E-state index in [4.69, 9.17) is 5.11 Å². The van der Waals surface area contributed by atoms with Crippen LogP contribution in [-0.2, 0) is 4.79 Å². The fourth-order valence-corrected chi connectivity index (χ4v) is 1.97. The molecule has 92 valence electrons. The number of amides is 1. The summed E-state index contributed by atoms with van der Waals surface area (Å²) in [5.41, 5.74) is 0.270. The number of hydrogen-bond donors (Lipinski definition) is 2. The van der Waals surface area contributed by atoms with E-state index in [2.05, 4.69) is 5.32 Å². The number of carbonyl (C=O) groups is 2. The third-order valence-electron chi connectivity index (χ3n) is 2.19. The van der Waals surface area contributed by atoms with Gasteiger partial charge in [-0.25, -0.2) is 9.18 Å². The van der Waals surface area contributed by atoms with Gasteiger partial charge in [-0.1, -0.05) is 6.92 Å². The lowest BCUT2D eigenvalue weighted by molar-refractivity contribution is -0.139. The highest BCUT2D eigenvalue weighted by Crippen LogP contribution is 2.14. The van der Waals surface area contributed by atoms with Gasteiger partial charge in [0.1, 0.15) is 11.9 Å². The molecule has 0 saturated carbocycles. The highest BCUT2D eigenvalue weighted by molar-refractivity contribution is 14.1. The summed E-state index contributed by atoms with van der Waals surface area (Å²) in [6.07, 6.45) is 0.291. The van der Waals surface area contributed by atoms with Crippen LogP contribution >= 0.6 is 22.6 Å². The molecule has 0 radical (unpaired) electrons. The first kappa shape index (κ1) is 13.9. The second-order valence-electron chi connectivity index (χ2n) is 3.40. The molecule has 0 aliphatic carbocycles. The minimum absolute atomic E-state index is 0.270. The Morgan fingerprint density at radius 1 is 1.53 bits per heavy atom. The van der Waals surface area contributed by atoms with Gasteiger partial charge in [-0.05, 0) is 47.2 Å². The summed E-state index contributed by atoms with van der Waals surface area (Å²) < 4.78 is 13.3. The van der Waals surface area contributed by atoms with Gasteiger partial charge in [-0.15, -0.1) is 0 Å². The molecule has 0 spiro atoms. The molecular formula is C11H11FINO3. The molecule has 1 rings (SSSR count). The highest BCUT2D eigenvalue weighted by atomic mass is 127. The first-order valence-electron chi connectivity index (χ1n) is 4.94. The summed E-state index contributed by atoms with van der Waals surface area (Å²) in [6.45, 7) is 1.66. The van der Waals surface area contributed by atoms with Gasteiger partial charge in [0.2, 0.25) is 0 Å². The van der Waals surface area contributed by atoms with E-state index in [1.165, 1.54) is 18.2 Å². The Kier molecular flexibility index (Phi) is 4.86. The summed E-state index contributed by atoms with van der Waals surface area (Å²) in [5, 5.41) is 11.2. The van der Waals surface area contributed by atoms with Gasteiger partial charge in [0, 0.05) is 3.57 Å². The van der Waals surface area contributed by atoms with Crippen LogP contribution in [0.25, 0.3) is 0 Å². The van der Waals surface area contributed by atoms with Gasteiger partial charge >= 0.3 is 5.97 Å². The minimum atomic E-state index is -1.09. The number of carboxylic acids is 1. The number of halogens is 2. The van der Waals surface area contributed by atoms with E-state index in [-0.39, 0.29) is 5.56 Å². The summed E-state index contributed by atoms with van der Waals surface area (Å²) in [5.74, 6) is -2.03. The van der Waals surface area contributed by atoms with Crippen molar-refractivity contribution in [2.75, 3.05) is 0 Å². The van der Waals surface area contributed by atoms with Crippen LogP contribution in [-0.4, -0.2) is 23.0 Å². The molecule has 17 heavy (non-hydrogen) atoms. The molecule has 6 heteroatoms. The zero-order chi connectivity index (χ0) is 13.0. The Bertz CT molecular complexity index is 450. The number of benzene rings is 1. The fourth-order valence-electron chi connectivity index (χ4n) is 1.25. The molecule has 0 bridgehead atoms. The van der Waals surface area contributed by atoms with Gasteiger partial charge in [0.25, 0.3) is 5.91 Å². The van der Waals surface area contributed by atoms with Crippen molar-refractivity contribution >= 4 is 34.5 Å². The highest BCUT2D eigenvalue weighted by Gasteiger charge is 2.19. The monoisotopic (exact) mass is 351 g/mol. The first-order chi connectivity index (χ1) is 7.95. The second-order valence-corrected chi connectivity index (χ2v) is 4.56. The van der Waals surface area contributed by atoms with Crippen LogP contribution in [0.5, 0.6) is 0 Å². The number of carbonyl (C=O) groups excluding carboxylic acids is 1. The summed E-state index contributed by atoms with van der Waals surface area (Å²) in [7, 11) is 0. The lowest BCUT2D eigenvalue weighted by Crippen LogP contribution is -2.40. The summed E-state index contributed by atoms with van der Waals surface area (Å²) in [6, 6.07) is 2.79. The molecule has 0 aliphatic rings. The van der Waals surface area contributed by atoms with Gasteiger partial charge < -0.3 is 10.4 Å². The number of hydrogen-bond acceptors (Lipinski definition) is 2. The molecule has 0 aromatic heterocycles. The zero-order valence-electron chi connectivity index (χ0n) is 9.04. The molecule has 0 saturated heterocycles. The van der Waals surface area contributed by atoms with Crippen LogP contribution in [0, 0.1) is 9.39 Å². The number of aliphatic carboxylic acids is 1. The van der Waals surface area contributed by atoms with Crippen LogP contribution in [0.2, 0.25) is 0 Å². The van der Waals surface area contributed by atoms with E-state index in [9.17, 15) is 14.0 Å². The molecule has 1 atom stereocenters. The van der Waals surface area contributed by atoms with Crippen molar-refractivity contribution in [3.05, 3.63) is 33.1 Å². The van der Waals surface area contributed by atoms with E-state index in [0.29, 0.717) is 9.99 Å². The van der Waals surface area contributed by atoms with Crippen LogP contribution in [0.1, 0.15) is 23.7 Å². The first-order valence-corrected chi connectivity index (χ1v) is 6.02. The summed E-state index contributed by atoms with van der Waals surface area (Å²) >= 11 is 1.83. The van der Waals surface area contributed by atoms with Crippen molar-refractivity contribution in [2.24, 2.45) is 0 Å². The number of rotatable bonds is 4. The van der Waals surface area contributed by atoms with Crippen molar-refractivity contribution in [1.29, 1.82) is 0 Å². The van der Waals surface area contributed by atoms with Crippen LogP contribution in [0.15, 0.2) is 18.2 Å². The minimum Gasteiger partial charge on any atom is -0.480 e. The lowest BCUT2D eigenvalue weighted by atomic mass is 10.1. The van der Waals surface area contributed by atoms with E-state index in [0.717, 1.165) is 0 Å². The van der Waals surface area contributed by atoms with E-state index in [1.807, 2.05) is 22.6 Å². The number of nitrogens with one attached hydrogen (secondary N) is 1. The molecule has 0 fully saturated rings. The second kappa shape index (κ2) is 5.95. The van der Waals surface area contributed by atoms with Gasteiger partial charge in [0.05, 0.1) is 5.56 Å². The fraction of sp³-hybridized carbons (Fsp3) is 0.273. The van der Waals surface area contributed by atoms with E-state index in [1.54, 1.807) is 6.92 Å². The van der Waals surface area contributed by atoms with E-state index < -0.39 is 23.7 Å². The van der Waals surface area contributed by atoms with Crippen molar-refractivity contribution in [3.63, 3.8) is 0 Å². The van der Waals surface area contributed by atoms with Gasteiger partial charge in [-0.3, -0.25) is 4.79 Å². The quantitative estimate of drug-likeness (QED) is 0.816. The number of carboxylic acid groups (broad SMARTS) is 1. The molecule has 0 aliphatic heterocycles. The largest absolute Gasteiger partial charge is 0.480 e. The van der Waals surface area contributed by atoms with Crippen LogP contribution in [0.4, 0.5) is 4.39 Å². The molecule has 1 amide bonds. The predicted octanol–water partition coefficient (Wildman–Crippen LogP) is 2.02. The molecule has 2 N–H and O–H groups in total. The zero-order valence-corrected chi connectivity index (χ0v) is 11.2. The molecule has 1 aromatic carbocycles. The lowest BCUT2D eigenvalue weighted by Gasteiger charge is -2.12. The molecular weight excluding hydrogens is 340 g/mol. The maximum atomic E-state index is 12.8. The third-order valence-corrected chi connectivity index (χ3v) is 3.08. The van der Waals surface area contributed by atoms with Gasteiger partial charge in [0.15, 0.2) is 0 Å². The average molecular weight is 351 g/mol. The van der Waals surface area contributed by atoms with Crippen LogP contribution < -0.4 is 5.32 Å². The molecule has 4 nitrogen and oxygen atoms in total. The molecule has 0 unspecified atom stereocenters. The predicted molar refractivity (Wildman–Crippen MR) is 68.3 cm³/mol. The standard InChI is InChI=1S/C11H11FINO3/c1-2-9(11(16)17)14-10(15)7-4-3-6(12)5-8(7)13/h3-5,9H,2H2,1H3,(H,14,15)(H,16,17)/t9-/m1/s1. The van der Waals surface area contributed by atoms with Crippen molar-refractivity contribution in [2.45, 2.75) is 19.4 Å². The third kappa shape index (κ3) is 3.65. The topological polar surface area (TPSA) is 66.4 Å². The average Bonchev–Trinajstić information content (AvgIpc) is 2.24. The maximum Gasteiger partial charge on any atom is 0.326 e. The van der Waals surface area contributed by atoms with E-state index >= 15 is 0 Å². The molecule has 1 aromatic rings. The van der Waals surface area contributed by atoms with Crippen molar-refractivity contribution in [1.82, 2.24) is 5.32 Å². The van der Waals surface area contributed by atoms with Gasteiger partial charge in [-0.2, -0.15) is 0 Å². The Morgan fingerprint density at radius 2 is 2.18 bits per heavy atom. The SMILES string of the molecule is CC[C@@H](NC(=O)c1ccc(F)cc1I)C(=O)O. The smallest absolute Gasteiger partial charge is 0.326 e. The van der Waals surface area contributed by atoms with Crippen molar-refractivity contribution in [3.8, 4) is 0 Å². The molecule has 0 heterocycles. The Hall–Kier alpha value is -1.18.